The summed E-state index contributed by atoms with van der Waals surface area (Å²) < 4.78 is 86.6. The van der Waals surface area contributed by atoms with Crippen LogP contribution in [0.2, 0.25) is 0 Å². The van der Waals surface area contributed by atoms with Gasteiger partial charge in [-0.25, -0.2) is 8.78 Å². The zero-order valence-electron chi connectivity index (χ0n) is 11.8. The Morgan fingerprint density at radius 3 is 2.39 bits per heavy atom. The summed E-state index contributed by atoms with van der Waals surface area (Å²) in [5, 5.41) is 0. The average molecular weight is 359 g/mol. The number of hydrogen-bond acceptors (Lipinski definition) is 2. The number of allylic oxidation sites excluding steroid dienone is 2. The van der Waals surface area contributed by atoms with Crippen molar-refractivity contribution in [3.63, 3.8) is 0 Å². The number of alkyl halides is 6. The smallest absolute Gasteiger partial charge is 0.348 e. The maximum absolute atomic E-state index is 15.4. The van der Waals surface area contributed by atoms with Gasteiger partial charge in [0.25, 0.3) is 0 Å². The largest absolute Gasteiger partial charge is 0.369 e. The van der Waals surface area contributed by atoms with E-state index >= 15 is 8.78 Å². The van der Waals surface area contributed by atoms with E-state index in [-0.39, 0.29) is 19.3 Å². The molecule has 3 rings (SSSR count). The van der Waals surface area contributed by atoms with Gasteiger partial charge >= 0.3 is 11.8 Å². The summed E-state index contributed by atoms with van der Waals surface area (Å²) >= 11 is 3.60. The SMILES string of the molecule is NC(=O)C1C2CCC(F)(C2)C1C1(F)C(S)=CCC(F)(F)C1(F)F. The highest BCUT2D eigenvalue weighted by molar-refractivity contribution is 7.84. The van der Waals surface area contributed by atoms with Gasteiger partial charge < -0.3 is 5.73 Å². The van der Waals surface area contributed by atoms with E-state index in [9.17, 15) is 22.4 Å². The first-order valence-electron chi connectivity index (χ1n) is 7.21. The molecule has 5 atom stereocenters. The summed E-state index contributed by atoms with van der Waals surface area (Å²) in [7, 11) is 0. The molecule has 2 nitrogen and oxygen atoms in total. The number of hydrogen-bond donors (Lipinski definition) is 2. The number of fused-ring (bicyclic) bond motifs is 2. The lowest BCUT2D eigenvalue weighted by atomic mass is 9.64. The van der Waals surface area contributed by atoms with Gasteiger partial charge in [-0.3, -0.25) is 4.79 Å². The fourth-order valence-corrected chi connectivity index (χ4v) is 4.90. The molecule has 0 radical (unpaired) electrons. The van der Waals surface area contributed by atoms with Crippen LogP contribution in [0.15, 0.2) is 11.0 Å². The van der Waals surface area contributed by atoms with Crippen LogP contribution < -0.4 is 5.73 Å². The van der Waals surface area contributed by atoms with Gasteiger partial charge in [-0.05, 0) is 25.2 Å². The number of thiol groups is 1. The fourth-order valence-electron chi connectivity index (χ4n) is 4.53. The van der Waals surface area contributed by atoms with Gasteiger partial charge in [-0.15, -0.1) is 12.6 Å². The van der Waals surface area contributed by atoms with Crippen molar-refractivity contribution in [1.82, 2.24) is 0 Å². The standard InChI is InChI=1S/C14H15F6NOS/c15-11-3-1-6(5-11)8(10(21)22)9(11)13(18)7(23)2-4-12(16,17)14(13,19)20/h2,6,8-9,23H,1,3-5H2,(H2,21,22). The summed E-state index contributed by atoms with van der Waals surface area (Å²) in [5.74, 6) is -15.6. The predicted octanol–water partition coefficient (Wildman–Crippen LogP) is 3.42. The van der Waals surface area contributed by atoms with Gasteiger partial charge in [0.2, 0.25) is 11.6 Å². The number of amides is 1. The number of primary amides is 1. The van der Waals surface area contributed by atoms with Crippen LogP contribution in [0.3, 0.4) is 0 Å². The zero-order valence-corrected chi connectivity index (χ0v) is 12.7. The predicted molar refractivity (Wildman–Crippen MR) is 72.8 cm³/mol. The maximum Gasteiger partial charge on any atom is 0.348 e. The highest BCUT2D eigenvalue weighted by atomic mass is 32.1. The summed E-state index contributed by atoms with van der Waals surface area (Å²) in [6, 6.07) is 0. The van der Waals surface area contributed by atoms with Gasteiger partial charge in [0.1, 0.15) is 5.67 Å². The number of carbonyl (C=O) groups is 1. The summed E-state index contributed by atoms with van der Waals surface area (Å²) in [5.41, 5.74) is -1.39. The molecular weight excluding hydrogens is 344 g/mol. The third-order valence-electron chi connectivity index (χ3n) is 5.55. The minimum absolute atomic E-state index is 0.185. The molecule has 3 aliphatic rings. The van der Waals surface area contributed by atoms with E-state index in [0.717, 1.165) is 0 Å². The van der Waals surface area contributed by atoms with Crippen LogP contribution in [0.4, 0.5) is 26.3 Å². The van der Waals surface area contributed by atoms with Crippen LogP contribution in [0.25, 0.3) is 0 Å². The molecule has 1 amide bonds. The Bertz CT molecular complexity index is 596. The monoisotopic (exact) mass is 359 g/mol. The van der Waals surface area contributed by atoms with E-state index in [4.69, 9.17) is 5.73 Å². The molecule has 130 valence electrons. The van der Waals surface area contributed by atoms with Crippen molar-refractivity contribution >= 4 is 18.5 Å². The average Bonchev–Trinajstić information content (AvgIpc) is 2.95. The van der Waals surface area contributed by atoms with Crippen molar-refractivity contribution in [3.8, 4) is 0 Å². The van der Waals surface area contributed by atoms with Crippen molar-refractivity contribution in [3.05, 3.63) is 11.0 Å². The lowest BCUT2D eigenvalue weighted by molar-refractivity contribution is -0.286. The van der Waals surface area contributed by atoms with Gasteiger partial charge in [-0.2, -0.15) is 17.6 Å². The lowest BCUT2D eigenvalue weighted by Crippen LogP contribution is -2.66. The third-order valence-corrected chi connectivity index (χ3v) is 6.06. The van der Waals surface area contributed by atoms with Gasteiger partial charge in [0.15, 0.2) is 0 Å². The minimum atomic E-state index is -5.19. The van der Waals surface area contributed by atoms with Gasteiger partial charge in [0, 0.05) is 11.3 Å². The van der Waals surface area contributed by atoms with E-state index in [1.54, 1.807) is 0 Å². The van der Waals surface area contributed by atoms with Gasteiger partial charge in [-0.1, -0.05) is 6.08 Å². The molecule has 9 heteroatoms. The quantitative estimate of drug-likeness (QED) is 0.576. The molecule has 0 heterocycles. The molecule has 3 aliphatic carbocycles. The molecule has 23 heavy (non-hydrogen) atoms. The fraction of sp³-hybridized carbons (Fsp3) is 0.786. The molecule has 0 aromatic rings. The Labute approximate surface area is 133 Å². The van der Waals surface area contributed by atoms with E-state index < -0.39 is 58.2 Å². The molecule has 0 spiro atoms. The Hall–Kier alpha value is -0.860. The topological polar surface area (TPSA) is 43.1 Å². The highest BCUT2D eigenvalue weighted by Gasteiger charge is 2.81. The highest BCUT2D eigenvalue weighted by Crippen LogP contribution is 2.68. The van der Waals surface area contributed by atoms with Crippen molar-refractivity contribution in [2.75, 3.05) is 0 Å². The van der Waals surface area contributed by atoms with Gasteiger partial charge in [0.05, 0.1) is 11.8 Å². The molecule has 2 saturated carbocycles. The summed E-state index contributed by atoms with van der Waals surface area (Å²) in [6.07, 6.45) is -1.28. The van der Waals surface area contributed by atoms with Crippen molar-refractivity contribution in [1.29, 1.82) is 0 Å². The summed E-state index contributed by atoms with van der Waals surface area (Å²) in [4.78, 5) is 10.7. The second-order valence-electron chi connectivity index (χ2n) is 6.73. The Balaban J connectivity index is 2.19. The van der Waals surface area contributed by atoms with E-state index in [2.05, 4.69) is 12.6 Å². The summed E-state index contributed by atoms with van der Waals surface area (Å²) in [6.45, 7) is 0. The number of nitrogens with two attached hydrogens (primary N) is 1. The van der Waals surface area contributed by atoms with Crippen LogP contribution >= 0.6 is 12.6 Å². The van der Waals surface area contributed by atoms with Crippen LogP contribution in [-0.4, -0.2) is 29.1 Å². The second-order valence-corrected chi connectivity index (χ2v) is 7.21. The maximum atomic E-state index is 15.4. The second kappa shape index (κ2) is 4.61. The zero-order chi connectivity index (χ0) is 17.4. The first-order valence-corrected chi connectivity index (χ1v) is 7.65. The molecule has 2 N–H and O–H groups in total. The Morgan fingerprint density at radius 2 is 1.83 bits per heavy atom. The molecular formula is C14H15F6NOS. The minimum Gasteiger partial charge on any atom is -0.369 e. The third kappa shape index (κ3) is 1.88. The van der Waals surface area contributed by atoms with Crippen LogP contribution in [0.5, 0.6) is 0 Å². The Morgan fingerprint density at radius 1 is 1.22 bits per heavy atom. The van der Waals surface area contributed by atoms with E-state index in [1.807, 2.05) is 0 Å². The van der Waals surface area contributed by atoms with Crippen LogP contribution in [-0.2, 0) is 4.79 Å². The number of carbonyl (C=O) groups excluding carboxylic acids is 1. The van der Waals surface area contributed by atoms with Crippen molar-refractivity contribution in [2.24, 2.45) is 23.5 Å². The molecule has 2 fully saturated rings. The molecule has 5 unspecified atom stereocenters. The van der Waals surface area contributed by atoms with Crippen molar-refractivity contribution in [2.45, 2.75) is 48.9 Å². The number of rotatable bonds is 2. The van der Waals surface area contributed by atoms with Crippen molar-refractivity contribution < 1.29 is 31.1 Å². The van der Waals surface area contributed by atoms with Crippen LogP contribution in [0.1, 0.15) is 25.7 Å². The molecule has 0 aromatic carbocycles. The first-order chi connectivity index (χ1) is 10.4. The number of halogens is 6. The molecule has 2 bridgehead atoms. The Kier molecular flexibility index (Phi) is 3.40. The lowest BCUT2D eigenvalue weighted by Gasteiger charge is -2.49. The normalized spacial score (nSPS) is 47.4. The first kappa shape index (κ1) is 17.0. The molecule has 0 aliphatic heterocycles. The van der Waals surface area contributed by atoms with E-state index in [1.165, 1.54) is 0 Å². The molecule has 0 saturated heterocycles. The van der Waals surface area contributed by atoms with E-state index in [0.29, 0.717) is 6.08 Å². The molecule has 0 aromatic heterocycles. The van der Waals surface area contributed by atoms with Crippen LogP contribution in [0, 0.1) is 17.8 Å².